The van der Waals surface area contributed by atoms with E-state index in [9.17, 15) is 22.4 Å². The minimum Gasteiger partial charge on any atom is -0.389 e. The zero-order chi connectivity index (χ0) is 18.2. The topological polar surface area (TPSA) is 62.2 Å². The molecule has 0 aliphatic heterocycles. The van der Waals surface area contributed by atoms with Gasteiger partial charge in [0.1, 0.15) is 10.8 Å². The van der Waals surface area contributed by atoms with E-state index in [1.54, 1.807) is 18.2 Å². The third-order valence-corrected chi connectivity index (χ3v) is 4.38. The first kappa shape index (κ1) is 17.3. The van der Waals surface area contributed by atoms with Crippen LogP contribution in [-0.2, 0) is 12.8 Å². The van der Waals surface area contributed by atoms with Crippen LogP contribution in [-0.4, -0.2) is 16.0 Å². The van der Waals surface area contributed by atoms with Crippen molar-refractivity contribution in [1.82, 2.24) is 4.98 Å². The van der Waals surface area contributed by atoms with E-state index in [1.165, 1.54) is 11.3 Å². The largest absolute Gasteiger partial charge is 0.419 e. The van der Waals surface area contributed by atoms with Crippen molar-refractivity contribution in [1.29, 1.82) is 0 Å². The maximum atomic E-state index is 13.6. The molecule has 25 heavy (non-hydrogen) atoms. The molecule has 0 radical (unpaired) electrons. The number of aromatic nitrogens is 1. The molecule has 2 aromatic carbocycles. The first-order valence-electron chi connectivity index (χ1n) is 6.96. The molecule has 3 aromatic rings. The zero-order valence-corrected chi connectivity index (χ0v) is 13.2. The van der Waals surface area contributed by atoms with Gasteiger partial charge < -0.3 is 10.4 Å². The monoisotopic (exact) mass is 370 g/mol. The summed E-state index contributed by atoms with van der Waals surface area (Å²) in [4.78, 5) is 16.3. The number of fused-ring (bicyclic) bond motifs is 1. The number of aliphatic hydroxyl groups excluding tert-OH is 1. The first-order chi connectivity index (χ1) is 11.8. The van der Waals surface area contributed by atoms with Gasteiger partial charge in [-0.05, 0) is 36.4 Å². The third-order valence-electron chi connectivity index (χ3n) is 3.36. The second-order valence-electron chi connectivity index (χ2n) is 5.09. The van der Waals surface area contributed by atoms with E-state index in [-0.39, 0.29) is 12.2 Å². The first-order valence-corrected chi connectivity index (χ1v) is 7.78. The fourth-order valence-electron chi connectivity index (χ4n) is 2.21. The van der Waals surface area contributed by atoms with E-state index < -0.39 is 23.5 Å². The lowest BCUT2D eigenvalue weighted by molar-refractivity contribution is -0.140. The molecule has 0 unspecified atom stereocenters. The van der Waals surface area contributed by atoms with Crippen LogP contribution in [0.3, 0.4) is 0 Å². The quantitative estimate of drug-likeness (QED) is 0.680. The van der Waals surface area contributed by atoms with Gasteiger partial charge in [0.15, 0.2) is 0 Å². The molecule has 0 bridgehead atoms. The summed E-state index contributed by atoms with van der Waals surface area (Å²) >= 11 is 1.30. The minimum absolute atomic E-state index is 0.203. The van der Waals surface area contributed by atoms with Crippen LogP contribution in [0.2, 0.25) is 0 Å². The number of aliphatic hydroxyl groups is 1. The summed E-state index contributed by atoms with van der Waals surface area (Å²) in [6.07, 6.45) is -4.82. The van der Waals surface area contributed by atoms with Crippen molar-refractivity contribution in [2.75, 3.05) is 5.32 Å². The number of hydrogen-bond acceptors (Lipinski definition) is 4. The Labute approximate surface area is 142 Å². The fourth-order valence-corrected chi connectivity index (χ4v) is 3.02. The number of benzene rings is 2. The van der Waals surface area contributed by atoms with Crippen molar-refractivity contribution in [3.63, 3.8) is 0 Å². The highest BCUT2D eigenvalue weighted by Gasteiger charge is 2.34. The summed E-state index contributed by atoms with van der Waals surface area (Å²) in [5, 5.41) is 12.1. The second kappa shape index (κ2) is 6.41. The number of thiazole rings is 1. The van der Waals surface area contributed by atoms with Gasteiger partial charge >= 0.3 is 6.18 Å². The van der Waals surface area contributed by atoms with Crippen LogP contribution in [0.4, 0.5) is 23.2 Å². The van der Waals surface area contributed by atoms with Crippen LogP contribution < -0.4 is 5.32 Å². The molecule has 2 N–H and O–H groups in total. The van der Waals surface area contributed by atoms with E-state index in [2.05, 4.69) is 10.3 Å². The zero-order valence-electron chi connectivity index (χ0n) is 12.4. The van der Waals surface area contributed by atoms with Crippen LogP contribution in [0.15, 0.2) is 36.4 Å². The number of carbonyl (C=O) groups excluding carboxylic acids is 1. The average Bonchev–Trinajstić information content (AvgIpc) is 2.95. The lowest BCUT2D eigenvalue weighted by Crippen LogP contribution is -2.14. The van der Waals surface area contributed by atoms with Crippen molar-refractivity contribution in [3.8, 4) is 0 Å². The molecule has 0 saturated heterocycles. The Morgan fingerprint density at radius 2 is 1.96 bits per heavy atom. The molecule has 0 saturated carbocycles. The molecule has 4 nitrogen and oxygen atoms in total. The van der Waals surface area contributed by atoms with Crippen LogP contribution in [0.5, 0.6) is 0 Å². The number of rotatable bonds is 3. The predicted octanol–water partition coefficient (Wildman–Crippen LogP) is 4.20. The molecule has 3 rings (SSSR count). The van der Waals surface area contributed by atoms with Crippen molar-refractivity contribution in [3.05, 3.63) is 58.3 Å². The fraction of sp³-hybridized carbons (Fsp3) is 0.125. The Kier molecular flexibility index (Phi) is 4.44. The van der Waals surface area contributed by atoms with E-state index in [0.717, 1.165) is 10.8 Å². The summed E-state index contributed by atoms with van der Waals surface area (Å²) in [6, 6.07) is 6.82. The van der Waals surface area contributed by atoms with Gasteiger partial charge in [-0.15, -0.1) is 11.3 Å². The highest BCUT2D eigenvalue weighted by Crippen LogP contribution is 2.32. The van der Waals surface area contributed by atoms with E-state index in [0.29, 0.717) is 28.3 Å². The number of carbonyl (C=O) groups is 1. The molecule has 0 aliphatic carbocycles. The smallest absolute Gasteiger partial charge is 0.389 e. The van der Waals surface area contributed by atoms with Crippen molar-refractivity contribution < 1.29 is 27.5 Å². The standard InChI is InChI=1S/C16H10F4N2O2S/c17-11-5-8(1-3-10(11)16(18,19)20)15(24)21-9-2-4-13-12(6-9)22-14(7-23)25-13/h1-6,23H,7H2,(H,21,24). The average molecular weight is 370 g/mol. The van der Waals surface area contributed by atoms with Gasteiger partial charge in [-0.25, -0.2) is 9.37 Å². The van der Waals surface area contributed by atoms with Gasteiger partial charge in [-0.3, -0.25) is 4.79 Å². The Hall–Kier alpha value is -2.52. The van der Waals surface area contributed by atoms with Crippen LogP contribution in [0.25, 0.3) is 10.2 Å². The highest BCUT2D eigenvalue weighted by molar-refractivity contribution is 7.18. The molecule has 130 valence electrons. The molecule has 1 aromatic heterocycles. The van der Waals surface area contributed by atoms with E-state index in [1.807, 2.05) is 0 Å². The summed E-state index contributed by atoms with van der Waals surface area (Å²) in [7, 11) is 0. The molecule has 0 aliphatic rings. The Balaban J connectivity index is 1.83. The number of amides is 1. The van der Waals surface area contributed by atoms with Gasteiger partial charge in [0.2, 0.25) is 0 Å². The Morgan fingerprint density at radius 1 is 1.20 bits per heavy atom. The van der Waals surface area contributed by atoms with Gasteiger partial charge in [0.25, 0.3) is 5.91 Å². The second-order valence-corrected chi connectivity index (χ2v) is 6.21. The Morgan fingerprint density at radius 3 is 2.60 bits per heavy atom. The van der Waals surface area contributed by atoms with Crippen molar-refractivity contribution >= 4 is 33.1 Å². The third kappa shape index (κ3) is 3.62. The van der Waals surface area contributed by atoms with Gasteiger partial charge in [-0.1, -0.05) is 0 Å². The van der Waals surface area contributed by atoms with E-state index >= 15 is 0 Å². The molecular weight excluding hydrogens is 360 g/mol. The number of nitrogens with zero attached hydrogens (tertiary/aromatic N) is 1. The summed E-state index contributed by atoms with van der Waals surface area (Å²) in [6.45, 7) is -0.203. The molecule has 9 heteroatoms. The molecular formula is C16H10F4N2O2S. The van der Waals surface area contributed by atoms with Gasteiger partial charge in [0.05, 0.1) is 22.4 Å². The van der Waals surface area contributed by atoms with Gasteiger partial charge in [0, 0.05) is 11.3 Å². The molecule has 1 heterocycles. The van der Waals surface area contributed by atoms with Crippen LogP contribution in [0, 0.1) is 5.82 Å². The number of hydrogen-bond donors (Lipinski definition) is 2. The van der Waals surface area contributed by atoms with Crippen LogP contribution in [0.1, 0.15) is 20.9 Å². The number of anilines is 1. The molecule has 0 spiro atoms. The predicted molar refractivity (Wildman–Crippen MR) is 84.9 cm³/mol. The minimum atomic E-state index is -4.82. The van der Waals surface area contributed by atoms with Crippen molar-refractivity contribution in [2.24, 2.45) is 0 Å². The van der Waals surface area contributed by atoms with Crippen LogP contribution >= 0.6 is 11.3 Å². The van der Waals surface area contributed by atoms with E-state index in [4.69, 9.17) is 5.11 Å². The maximum absolute atomic E-state index is 13.6. The normalized spacial score (nSPS) is 11.7. The molecule has 0 fully saturated rings. The SMILES string of the molecule is O=C(Nc1ccc2sc(CO)nc2c1)c1ccc(C(F)(F)F)c(F)c1. The highest BCUT2D eigenvalue weighted by atomic mass is 32.1. The number of halogens is 4. The summed E-state index contributed by atoms with van der Waals surface area (Å²) < 4.78 is 52.0. The van der Waals surface area contributed by atoms with Gasteiger partial charge in [-0.2, -0.15) is 13.2 Å². The summed E-state index contributed by atoms with van der Waals surface area (Å²) in [5.41, 5.74) is -0.748. The number of alkyl halides is 3. The Bertz CT molecular complexity index is 953. The summed E-state index contributed by atoms with van der Waals surface area (Å²) in [5.74, 6) is -2.26. The lowest BCUT2D eigenvalue weighted by atomic mass is 10.1. The van der Waals surface area contributed by atoms with Crippen molar-refractivity contribution in [2.45, 2.75) is 12.8 Å². The molecule has 0 atom stereocenters. The lowest BCUT2D eigenvalue weighted by Gasteiger charge is -2.10. The molecule has 1 amide bonds. The number of nitrogens with one attached hydrogen (secondary N) is 1. The maximum Gasteiger partial charge on any atom is 0.419 e.